The summed E-state index contributed by atoms with van der Waals surface area (Å²) < 4.78 is 43.7. The Bertz CT molecular complexity index is 1180. The Morgan fingerprint density at radius 2 is 1.57 bits per heavy atom. The van der Waals surface area contributed by atoms with Crippen LogP contribution in [0.2, 0.25) is 0 Å². The first-order chi connectivity index (χ1) is 15.0. The molecule has 0 saturated heterocycles. The molecule has 0 aliphatic heterocycles. The summed E-state index contributed by atoms with van der Waals surface area (Å²) in [6.07, 6.45) is 0.374. The molecule has 146 valence electrons. The molecule has 0 amide bonds. The fourth-order valence-corrected chi connectivity index (χ4v) is 3.51. The van der Waals surface area contributed by atoms with E-state index in [0.29, 0.717) is 16.7 Å². The summed E-state index contributed by atoms with van der Waals surface area (Å²) in [4.78, 5) is 0. The number of aromatic nitrogens is 1. The number of nitrogens with zero attached hydrogens (tertiary/aromatic N) is 1. The van der Waals surface area contributed by atoms with E-state index in [1.165, 1.54) is 0 Å². The van der Waals surface area contributed by atoms with Crippen molar-refractivity contribution < 1.29 is 11.4 Å². The van der Waals surface area contributed by atoms with Crippen molar-refractivity contribution in [3.8, 4) is 22.4 Å². The molecule has 0 aliphatic rings. The van der Waals surface area contributed by atoms with Crippen molar-refractivity contribution >= 4 is 0 Å². The molecule has 28 heavy (non-hydrogen) atoms. The first kappa shape index (κ1) is 14.6. The third kappa shape index (κ3) is 4.35. The zero-order valence-corrected chi connectivity index (χ0v) is 18.1. The Kier molecular flexibility index (Phi) is 3.93. The Morgan fingerprint density at radius 1 is 0.893 bits per heavy atom. The zero-order valence-electron chi connectivity index (χ0n) is 23.1. The van der Waals surface area contributed by atoms with Crippen LogP contribution in [0.4, 0.5) is 0 Å². The van der Waals surface area contributed by atoms with E-state index in [0.717, 1.165) is 33.5 Å². The maximum absolute atomic E-state index is 8.72. The minimum absolute atomic E-state index is 0.340. The molecular formula is C27H34N+. The molecule has 0 aliphatic carbocycles. The topological polar surface area (TPSA) is 3.88 Å². The number of pyridine rings is 1. The molecule has 0 N–H and O–H groups in total. The van der Waals surface area contributed by atoms with Crippen LogP contribution in [-0.2, 0) is 13.4 Å². The lowest BCUT2D eigenvalue weighted by atomic mass is 9.86. The lowest BCUT2D eigenvalue weighted by molar-refractivity contribution is -0.660. The predicted octanol–water partition coefficient (Wildman–Crippen LogP) is 6.67. The van der Waals surface area contributed by atoms with Crippen LogP contribution in [-0.4, -0.2) is 0 Å². The first-order valence-corrected chi connectivity index (χ1v) is 9.77. The van der Waals surface area contributed by atoms with Crippen LogP contribution in [0.5, 0.6) is 0 Å². The van der Waals surface area contributed by atoms with Crippen LogP contribution in [0.15, 0.2) is 48.7 Å². The molecule has 0 atom stereocenters. The SMILES string of the molecule is [2H]C([2H])([2H])c1cc(C)c(-c2cc(C)c(C([2H])([2H])C(C)(C)C)c[n+]2C)cc1-c1ccc(C)cc1. The van der Waals surface area contributed by atoms with Crippen molar-refractivity contribution in [2.75, 3.05) is 0 Å². The molecule has 2 aromatic carbocycles. The van der Waals surface area contributed by atoms with Gasteiger partial charge in [0.05, 0.1) is 0 Å². The molecule has 3 rings (SSSR count). The van der Waals surface area contributed by atoms with Crippen molar-refractivity contribution in [1.82, 2.24) is 0 Å². The Hall–Kier alpha value is -2.41. The van der Waals surface area contributed by atoms with E-state index in [4.69, 9.17) is 6.85 Å². The Morgan fingerprint density at radius 3 is 2.18 bits per heavy atom. The van der Waals surface area contributed by atoms with Gasteiger partial charge in [-0.2, -0.15) is 0 Å². The molecular weight excluding hydrogens is 338 g/mol. The third-order valence-corrected chi connectivity index (χ3v) is 4.99. The van der Waals surface area contributed by atoms with Crippen LogP contribution < -0.4 is 4.57 Å². The monoisotopic (exact) mass is 377 g/mol. The minimum atomic E-state index is -2.23. The van der Waals surface area contributed by atoms with Gasteiger partial charge in [-0.15, -0.1) is 0 Å². The van der Waals surface area contributed by atoms with Gasteiger partial charge in [-0.1, -0.05) is 56.7 Å². The quantitative estimate of drug-likeness (QED) is 0.449. The van der Waals surface area contributed by atoms with Gasteiger partial charge in [0, 0.05) is 24.0 Å². The molecule has 0 saturated carbocycles. The van der Waals surface area contributed by atoms with Gasteiger partial charge in [-0.25, -0.2) is 4.57 Å². The number of benzene rings is 2. The lowest BCUT2D eigenvalue weighted by Gasteiger charge is -2.19. The van der Waals surface area contributed by atoms with E-state index in [2.05, 4.69) is 0 Å². The van der Waals surface area contributed by atoms with Crippen molar-refractivity contribution in [3.63, 3.8) is 0 Å². The summed E-state index contributed by atoms with van der Waals surface area (Å²) >= 11 is 0. The number of aryl methyl sites for hydroxylation is 5. The second-order valence-corrected chi connectivity index (χ2v) is 8.82. The van der Waals surface area contributed by atoms with Crippen LogP contribution in [0.1, 0.15) is 55.4 Å². The Labute approximate surface area is 178 Å². The summed E-state index contributed by atoms with van der Waals surface area (Å²) in [7, 11) is 1.92. The van der Waals surface area contributed by atoms with Crippen molar-refractivity contribution in [1.29, 1.82) is 0 Å². The Balaban J connectivity index is 2.27. The largest absolute Gasteiger partial charge is 0.212 e. The minimum Gasteiger partial charge on any atom is -0.201 e. The molecule has 0 bridgehead atoms. The van der Waals surface area contributed by atoms with E-state index in [1.54, 1.807) is 6.07 Å². The normalized spacial score (nSPS) is 15.3. The molecule has 1 aromatic heterocycles. The first-order valence-electron chi connectivity index (χ1n) is 12.3. The van der Waals surface area contributed by atoms with E-state index in [9.17, 15) is 0 Å². The number of hydrogen-bond acceptors (Lipinski definition) is 0. The highest BCUT2D eigenvalue weighted by Crippen LogP contribution is 2.32. The van der Waals surface area contributed by atoms with Gasteiger partial charge < -0.3 is 0 Å². The summed E-state index contributed by atoms with van der Waals surface area (Å²) in [5.41, 5.74) is 6.74. The maximum atomic E-state index is 8.72. The molecule has 1 heteroatoms. The van der Waals surface area contributed by atoms with Gasteiger partial charge in [-0.05, 0) is 73.3 Å². The molecule has 1 heterocycles. The molecule has 0 radical (unpaired) electrons. The number of rotatable bonds is 3. The molecule has 0 spiro atoms. The summed E-state index contributed by atoms with van der Waals surface area (Å²) in [6, 6.07) is 13.7. The van der Waals surface area contributed by atoms with Crippen LogP contribution in [0.3, 0.4) is 0 Å². The van der Waals surface area contributed by atoms with Gasteiger partial charge in [0.25, 0.3) is 0 Å². The molecule has 0 fully saturated rings. The maximum Gasteiger partial charge on any atom is 0.212 e. The standard InChI is InChI=1S/C27H34N/c1-18-9-11-22(12-10-18)24-15-25(21(4)13-20(24)3)26-14-19(2)23(17-28(26)8)16-27(5,6)7/h9-15,17H,16H2,1-8H3/q+1/i3D3,16D2. The van der Waals surface area contributed by atoms with Crippen LogP contribution in [0.25, 0.3) is 22.4 Å². The van der Waals surface area contributed by atoms with Gasteiger partial charge in [0.1, 0.15) is 7.05 Å². The van der Waals surface area contributed by atoms with E-state index >= 15 is 0 Å². The fourth-order valence-electron chi connectivity index (χ4n) is 3.51. The number of hydrogen-bond donors (Lipinski definition) is 0. The van der Waals surface area contributed by atoms with E-state index in [1.807, 2.05) is 95.8 Å². The lowest BCUT2D eigenvalue weighted by Crippen LogP contribution is -2.32. The van der Waals surface area contributed by atoms with Gasteiger partial charge in [0.15, 0.2) is 6.20 Å². The average molecular weight is 378 g/mol. The summed E-state index contributed by atoms with van der Waals surface area (Å²) in [5, 5.41) is 0. The third-order valence-electron chi connectivity index (χ3n) is 4.99. The molecule has 3 aromatic rings. The van der Waals surface area contributed by atoms with Crippen molar-refractivity contribution in [2.24, 2.45) is 12.5 Å². The van der Waals surface area contributed by atoms with Gasteiger partial charge in [0.2, 0.25) is 5.69 Å². The predicted molar refractivity (Wildman–Crippen MR) is 121 cm³/mol. The smallest absolute Gasteiger partial charge is 0.201 e. The van der Waals surface area contributed by atoms with Gasteiger partial charge in [-0.3, -0.25) is 0 Å². The highest BCUT2D eigenvalue weighted by atomic mass is 14.9. The van der Waals surface area contributed by atoms with Crippen molar-refractivity contribution in [2.45, 2.75) is 54.8 Å². The van der Waals surface area contributed by atoms with Crippen LogP contribution in [0, 0.1) is 33.0 Å². The second kappa shape index (κ2) is 7.54. The van der Waals surface area contributed by atoms with Crippen LogP contribution >= 0.6 is 0 Å². The van der Waals surface area contributed by atoms with E-state index in [-0.39, 0.29) is 0 Å². The van der Waals surface area contributed by atoms with E-state index < -0.39 is 18.6 Å². The highest BCUT2D eigenvalue weighted by Gasteiger charge is 2.20. The highest BCUT2D eigenvalue weighted by molar-refractivity contribution is 5.75. The van der Waals surface area contributed by atoms with Crippen molar-refractivity contribution in [3.05, 3.63) is 76.5 Å². The average Bonchev–Trinajstić information content (AvgIpc) is 2.68. The summed E-state index contributed by atoms with van der Waals surface area (Å²) in [5.74, 6) is 0. The van der Waals surface area contributed by atoms with Gasteiger partial charge >= 0.3 is 0 Å². The summed E-state index contributed by atoms with van der Waals surface area (Å²) in [6.45, 7) is 9.38. The second-order valence-electron chi connectivity index (χ2n) is 8.82. The molecule has 1 nitrogen and oxygen atoms in total. The zero-order chi connectivity index (χ0) is 24.9. The molecule has 0 unspecified atom stereocenters. The fraction of sp³-hybridized carbons (Fsp3) is 0.370.